The zero-order chi connectivity index (χ0) is 11.1. The van der Waals surface area contributed by atoms with Crippen molar-refractivity contribution in [3.05, 3.63) is 0 Å². The normalized spacial score (nSPS) is 24.4. The van der Waals surface area contributed by atoms with Gasteiger partial charge in [0.2, 0.25) is 0 Å². The summed E-state index contributed by atoms with van der Waals surface area (Å²) in [7, 11) is 4.11. The first-order valence-corrected chi connectivity index (χ1v) is 5.80. The van der Waals surface area contributed by atoms with E-state index in [2.05, 4.69) is 24.3 Å². The van der Waals surface area contributed by atoms with E-state index in [1.165, 1.54) is 6.42 Å². The van der Waals surface area contributed by atoms with Crippen LogP contribution in [0.5, 0.6) is 0 Å². The molecular formula is C11H24N2O2. The third-order valence-corrected chi connectivity index (χ3v) is 2.93. The van der Waals surface area contributed by atoms with Crippen LogP contribution in [0.4, 0.5) is 0 Å². The third-order valence-electron chi connectivity index (χ3n) is 2.93. The first-order valence-electron chi connectivity index (χ1n) is 5.80. The molecule has 0 amide bonds. The van der Waals surface area contributed by atoms with Gasteiger partial charge < -0.3 is 20.1 Å². The zero-order valence-corrected chi connectivity index (χ0v) is 9.91. The van der Waals surface area contributed by atoms with Crippen molar-refractivity contribution in [1.82, 2.24) is 10.2 Å². The number of rotatable bonds is 6. The minimum absolute atomic E-state index is 0.199. The van der Waals surface area contributed by atoms with Crippen molar-refractivity contribution < 1.29 is 9.84 Å². The van der Waals surface area contributed by atoms with Crippen molar-refractivity contribution in [1.29, 1.82) is 0 Å². The lowest BCUT2D eigenvalue weighted by atomic mass is 9.94. The third kappa shape index (κ3) is 4.93. The van der Waals surface area contributed by atoms with Gasteiger partial charge in [-0.3, -0.25) is 0 Å². The highest BCUT2D eigenvalue weighted by molar-refractivity contribution is 4.78. The molecule has 0 aromatic heterocycles. The Labute approximate surface area is 92.6 Å². The lowest BCUT2D eigenvalue weighted by Gasteiger charge is -2.30. The lowest BCUT2D eigenvalue weighted by Crippen LogP contribution is -2.44. The molecule has 0 saturated carbocycles. The van der Waals surface area contributed by atoms with Gasteiger partial charge in [-0.05, 0) is 32.9 Å². The van der Waals surface area contributed by atoms with Gasteiger partial charge in [0.25, 0.3) is 0 Å². The molecule has 1 fully saturated rings. The number of aliphatic hydroxyl groups excluding tert-OH is 1. The number of nitrogens with zero attached hydrogens (tertiary/aromatic N) is 1. The van der Waals surface area contributed by atoms with Crippen molar-refractivity contribution >= 4 is 0 Å². The number of hydrogen-bond acceptors (Lipinski definition) is 4. The molecule has 0 spiro atoms. The van der Waals surface area contributed by atoms with E-state index in [-0.39, 0.29) is 12.6 Å². The summed E-state index contributed by atoms with van der Waals surface area (Å²) in [6.45, 7) is 3.81. The molecule has 1 rings (SSSR count). The molecule has 0 aromatic carbocycles. The molecule has 2 N–H and O–H groups in total. The summed E-state index contributed by atoms with van der Waals surface area (Å²) in [5, 5.41) is 12.7. The molecule has 1 heterocycles. The number of ether oxygens (including phenoxy) is 1. The van der Waals surface area contributed by atoms with Crippen LogP contribution in [0.2, 0.25) is 0 Å². The summed E-state index contributed by atoms with van der Waals surface area (Å²) in [4.78, 5) is 2.14. The zero-order valence-electron chi connectivity index (χ0n) is 9.91. The van der Waals surface area contributed by atoms with Crippen LogP contribution in [0.25, 0.3) is 0 Å². The van der Waals surface area contributed by atoms with E-state index in [1.807, 2.05) is 0 Å². The Morgan fingerprint density at radius 1 is 1.53 bits per heavy atom. The summed E-state index contributed by atoms with van der Waals surface area (Å²) in [5.41, 5.74) is 0. The van der Waals surface area contributed by atoms with E-state index in [9.17, 15) is 5.11 Å². The molecule has 1 aliphatic heterocycles. The van der Waals surface area contributed by atoms with Gasteiger partial charge in [-0.25, -0.2) is 0 Å². The molecule has 0 aliphatic carbocycles. The predicted octanol–water partition coefficient (Wildman–Crippen LogP) is -0.0749. The standard InChI is InChI=1S/C11H24N2O2/c1-13(2)6-5-12-11(8-14)10-4-3-7-15-9-10/h10-12,14H,3-9H2,1-2H3. The number of nitrogens with one attached hydrogen (secondary N) is 1. The summed E-state index contributed by atoms with van der Waals surface area (Å²) in [5.74, 6) is 0.478. The van der Waals surface area contributed by atoms with E-state index in [0.29, 0.717) is 5.92 Å². The van der Waals surface area contributed by atoms with Crippen LogP contribution in [0.15, 0.2) is 0 Å². The second-order valence-electron chi connectivity index (χ2n) is 4.52. The topological polar surface area (TPSA) is 44.7 Å². The van der Waals surface area contributed by atoms with Crippen LogP contribution in [-0.2, 0) is 4.74 Å². The van der Waals surface area contributed by atoms with Crippen molar-refractivity contribution in [3.8, 4) is 0 Å². The van der Waals surface area contributed by atoms with Crippen molar-refractivity contribution in [2.75, 3.05) is 47.0 Å². The van der Waals surface area contributed by atoms with Gasteiger partial charge in [-0.1, -0.05) is 0 Å². The highest BCUT2D eigenvalue weighted by Crippen LogP contribution is 2.17. The minimum atomic E-state index is 0.199. The fraction of sp³-hybridized carbons (Fsp3) is 1.00. The van der Waals surface area contributed by atoms with Crippen LogP contribution in [0.1, 0.15) is 12.8 Å². The van der Waals surface area contributed by atoms with Crippen molar-refractivity contribution in [2.45, 2.75) is 18.9 Å². The average molecular weight is 216 g/mol. The van der Waals surface area contributed by atoms with Gasteiger partial charge in [-0.2, -0.15) is 0 Å². The fourth-order valence-electron chi connectivity index (χ4n) is 1.94. The molecule has 0 bridgehead atoms. The summed E-state index contributed by atoms with van der Waals surface area (Å²) in [6, 6.07) is 0.199. The molecule has 0 radical (unpaired) electrons. The van der Waals surface area contributed by atoms with Crippen LogP contribution < -0.4 is 5.32 Å². The summed E-state index contributed by atoms with van der Waals surface area (Å²) < 4.78 is 5.43. The van der Waals surface area contributed by atoms with Gasteiger partial charge >= 0.3 is 0 Å². The first-order chi connectivity index (χ1) is 7.24. The van der Waals surface area contributed by atoms with E-state index in [1.54, 1.807) is 0 Å². The minimum Gasteiger partial charge on any atom is -0.395 e. The molecule has 4 heteroatoms. The Bertz CT molecular complexity index is 159. The van der Waals surface area contributed by atoms with Crippen molar-refractivity contribution in [3.63, 3.8) is 0 Å². The lowest BCUT2D eigenvalue weighted by molar-refractivity contribution is 0.0281. The fourth-order valence-corrected chi connectivity index (χ4v) is 1.94. The largest absolute Gasteiger partial charge is 0.395 e. The summed E-state index contributed by atoms with van der Waals surface area (Å²) >= 11 is 0. The van der Waals surface area contributed by atoms with Gasteiger partial charge in [-0.15, -0.1) is 0 Å². The SMILES string of the molecule is CN(C)CCNC(CO)C1CCCOC1. The number of likely N-dealkylation sites (N-methyl/N-ethyl adjacent to an activating group) is 1. The van der Waals surface area contributed by atoms with Gasteiger partial charge in [0.15, 0.2) is 0 Å². The monoisotopic (exact) mass is 216 g/mol. The molecule has 1 saturated heterocycles. The quantitative estimate of drug-likeness (QED) is 0.652. The maximum Gasteiger partial charge on any atom is 0.0588 e. The Morgan fingerprint density at radius 3 is 2.87 bits per heavy atom. The van der Waals surface area contributed by atoms with E-state index >= 15 is 0 Å². The van der Waals surface area contributed by atoms with Gasteiger partial charge in [0, 0.05) is 25.7 Å². The molecule has 90 valence electrons. The van der Waals surface area contributed by atoms with Crippen LogP contribution in [0.3, 0.4) is 0 Å². The Kier molecular flexibility index (Phi) is 6.17. The van der Waals surface area contributed by atoms with Crippen LogP contribution in [0, 0.1) is 5.92 Å². The van der Waals surface area contributed by atoms with Gasteiger partial charge in [0.05, 0.1) is 13.2 Å². The van der Waals surface area contributed by atoms with Gasteiger partial charge in [0.1, 0.15) is 0 Å². The smallest absolute Gasteiger partial charge is 0.0588 e. The molecule has 4 nitrogen and oxygen atoms in total. The molecule has 0 aromatic rings. The Hall–Kier alpha value is -0.160. The molecular weight excluding hydrogens is 192 g/mol. The average Bonchev–Trinajstić information content (AvgIpc) is 2.25. The van der Waals surface area contributed by atoms with Crippen LogP contribution >= 0.6 is 0 Å². The predicted molar refractivity (Wildman–Crippen MR) is 61.0 cm³/mol. The highest BCUT2D eigenvalue weighted by atomic mass is 16.5. The highest BCUT2D eigenvalue weighted by Gasteiger charge is 2.22. The Balaban J connectivity index is 2.21. The maximum atomic E-state index is 9.31. The first kappa shape index (κ1) is 12.9. The maximum absolute atomic E-state index is 9.31. The number of hydrogen-bond donors (Lipinski definition) is 2. The molecule has 15 heavy (non-hydrogen) atoms. The molecule has 1 aliphatic rings. The van der Waals surface area contributed by atoms with E-state index < -0.39 is 0 Å². The second-order valence-corrected chi connectivity index (χ2v) is 4.52. The molecule has 2 atom stereocenters. The number of aliphatic hydroxyl groups is 1. The van der Waals surface area contributed by atoms with E-state index in [0.717, 1.165) is 32.7 Å². The van der Waals surface area contributed by atoms with E-state index in [4.69, 9.17) is 4.74 Å². The molecule has 2 unspecified atom stereocenters. The Morgan fingerprint density at radius 2 is 2.33 bits per heavy atom. The van der Waals surface area contributed by atoms with Crippen LogP contribution in [-0.4, -0.2) is 63.1 Å². The summed E-state index contributed by atoms with van der Waals surface area (Å²) in [6.07, 6.45) is 2.29. The second kappa shape index (κ2) is 7.17. The van der Waals surface area contributed by atoms with Crippen molar-refractivity contribution in [2.24, 2.45) is 5.92 Å².